The SMILES string of the molecule is CCCCCCCCCCC(=O)OC(C)(C)/C(C)=C/C(=O)O. The second-order valence-electron chi connectivity index (χ2n) is 6.37. The van der Waals surface area contributed by atoms with E-state index in [0.717, 1.165) is 18.9 Å². The Labute approximate surface area is 134 Å². The van der Waals surface area contributed by atoms with Crippen molar-refractivity contribution in [1.82, 2.24) is 0 Å². The molecule has 0 spiro atoms. The van der Waals surface area contributed by atoms with Gasteiger partial charge in [-0.15, -0.1) is 0 Å². The molecule has 0 saturated carbocycles. The summed E-state index contributed by atoms with van der Waals surface area (Å²) >= 11 is 0. The highest BCUT2D eigenvalue weighted by Gasteiger charge is 2.25. The summed E-state index contributed by atoms with van der Waals surface area (Å²) in [6.45, 7) is 7.30. The number of unbranched alkanes of at least 4 members (excludes halogenated alkanes) is 7. The van der Waals surface area contributed by atoms with E-state index in [-0.39, 0.29) is 5.97 Å². The number of carbonyl (C=O) groups is 2. The molecule has 0 aromatic carbocycles. The Morgan fingerprint density at radius 1 is 1.00 bits per heavy atom. The first-order valence-corrected chi connectivity index (χ1v) is 8.43. The minimum Gasteiger partial charge on any atom is -0.478 e. The lowest BCUT2D eigenvalue weighted by Gasteiger charge is -2.26. The van der Waals surface area contributed by atoms with Gasteiger partial charge >= 0.3 is 11.9 Å². The Bertz CT molecular complexity index is 369. The van der Waals surface area contributed by atoms with E-state index < -0.39 is 11.6 Å². The fraction of sp³-hybridized carbons (Fsp3) is 0.778. The number of hydrogen-bond donors (Lipinski definition) is 1. The van der Waals surface area contributed by atoms with Crippen LogP contribution in [-0.2, 0) is 14.3 Å². The maximum Gasteiger partial charge on any atom is 0.328 e. The van der Waals surface area contributed by atoms with E-state index >= 15 is 0 Å². The number of hydrogen-bond acceptors (Lipinski definition) is 3. The predicted molar refractivity (Wildman–Crippen MR) is 88.8 cm³/mol. The van der Waals surface area contributed by atoms with E-state index in [1.807, 2.05) is 0 Å². The molecule has 0 bridgehead atoms. The lowest BCUT2D eigenvalue weighted by molar-refractivity contribution is -0.153. The van der Waals surface area contributed by atoms with Crippen molar-refractivity contribution in [3.05, 3.63) is 11.6 Å². The molecule has 0 radical (unpaired) electrons. The summed E-state index contributed by atoms with van der Waals surface area (Å²) in [4.78, 5) is 22.5. The third-order valence-electron chi connectivity index (χ3n) is 3.89. The van der Waals surface area contributed by atoms with Gasteiger partial charge < -0.3 is 9.84 Å². The van der Waals surface area contributed by atoms with Crippen molar-refractivity contribution in [3.63, 3.8) is 0 Å². The zero-order valence-corrected chi connectivity index (χ0v) is 14.6. The van der Waals surface area contributed by atoms with Crippen LogP contribution in [-0.4, -0.2) is 22.6 Å². The number of rotatable bonds is 12. The second kappa shape index (κ2) is 11.3. The summed E-state index contributed by atoms with van der Waals surface area (Å²) in [5.41, 5.74) is -0.334. The van der Waals surface area contributed by atoms with Crippen LogP contribution in [0.15, 0.2) is 11.6 Å². The maximum atomic E-state index is 11.8. The van der Waals surface area contributed by atoms with Gasteiger partial charge in [0.1, 0.15) is 5.60 Å². The van der Waals surface area contributed by atoms with Gasteiger partial charge in [0.2, 0.25) is 0 Å². The molecule has 0 aliphatic heterocycles. The standard InChI is InChI=1S/C18H32O4/c1-5-6-7-8-9-10-11-12-13-17(21)22-18(3,4)15(2)14-16(19)20/h14H,5-13H2,1-4H3,(H,19,20)/b15-14+. The molecular formula is C18H32O4. The number of carboxylic acids is 1. The number of aliphatic carboxylic acids is 1. The molecule has 128 valence electrons. The molecule has 0 aliphatic carbocycles. The second-order valence-corrected chi connectivity index (χ2v) is 6.37. The molecule has 0 rings (SSSR count). The zero-order chi connectivity index (χ0) is 17.0. The summed E-state index contributed by atoms with van der Waals surface area (Å²) in [5, 5.41) is 8.74. The quantitative estimate of drug-likeness (QED) is 0.317. The third-order valence-corrected chi connectivity index (χ3v) is 3.89. The van der Waals surface area contributed by atoms with Crippen LogP contribution in [0.4, 0.5) is 0 Å². The Hall–Kier alpha value is -1.32. The van der Waals surface area contributed by atoms with Gasteiger partial charge in [-0.05, 0) is 32.8 Å². The summed E-state index contributed by atoms with van der Waals surface area (Å²) in [6, 6.07) is 0. The predicted octanol–water partition coefficient (Wildman–Crippen LogP) is 4.87. The van der Waals surface area contributed by atoms with E-state index in [0.29, 0.717) is 12.0 Å². The maximum absolute atomic E-state index is 11.8. The van der Waals surface area contributed by atoms with Crippen molar-refractivity contribution < 1.29 is 19.4 Å². The molecule has 0 atom stereocenters. The smallest absolute Gasteiger partial charge is 0.328 e. The topological polar surface area (TPSA) is 63.6 Å². The van der Waals surface area contributed by atoms with E-state index in [1.54, 1.807) is 20.8 Å². The molecule has 0 heterocycles. The van der Waals surface area contributed by atoms with E-state index in [2.05, 4.69) is 6.92 Å². The van der Waals surface area contributed by atoms with Gasteiger partial charge in [0.15, 0.2) is 0 Å². The highest BCUT2D eigenvalue weighted by Crippen LogP contribution is 2.21. The average Bonchev–Trinajstić information content (AvgIpc) is 2.40. The summed E-state index contributed by atoms with van der Waals surface area (Å²) in [6.07, 6.45) is 10.9. The van der Waals surface area contributed by atoms with Gasteiger partial charge in [-0.3, -0.25) is 4.79 Å². The van der Waals surface area contributed by atoms with Crippen LogP contribution < -0.4 is 0 Å². The first-order chi connectivity index (χ1) is 10.3. The first kappa shape index (κ1) is 20.7. The van der Waals surface area contributed by atoms with Crippen LogP contribution in [0.25, 0.3) is 0 Å². The van der Waals surface area contributed by atoms with Crippen molar-refractivity contribution in [1.29, 1.82) is 0 Å². The molecule has 4 heteroatoms. The molecular weight excluding hydrogens is 280 g/mol. The van der Waals surface area contributed by atoms with E-state index in [9.17, 15) is 9.59 Å². The number of carbonyl (C=O) groups excluding carboxylic acids is 1. The number of ether oxygens (including phenoxy) is 1. The molecule has 0 saturated heterocycles. The lowest BCUT2D eigenvalue weighted by atomic mass is 9.99. The van der Waals surface area contributed by atoms with Crippen LogP contribution in [0.2, 0.25) is 0 Å². The van der Waals surface area contributed by atoms with Gasteiger partial charge in [-0.2, -0.15) is 0 Å². The Balaban J connectivity index is 3.87. The van der Waals surface area contributed by atoms with Crippen LogP contribution in [0.1, 0.15) is 85.5 Å². The minimum absolute atomic E-state index is 0.255. The average molecular weight is 312 g/mol. The Morgan fingerprint density at radius 2 is 1.50 bits per heavy atom. The molecule has 0 amide bonds. The monoisotopic (exact) mass is 312 g/mol. The fourth-order valence-corrected chi connectivity index (χ4v) is 2.18. The molecule has 0 aliphatic rings. The van der Waals surface area contributed by atoms with Crippen LogP contribution >= 0.6 is 0 Å². The third kappa shape index (κ3) is 10.4. The van der Waals surface area contributed by atoms with E-state index in [1.165, 1.54) is 38.5 Å². The summed E-state index contributed by atoms with van der Waals surface area (Å²) in [5.74, 6) is -1.28. The summed E-state index contributed by atoms with van der Waals surface area (Å²) in [7, 11) is 0. The molecule has 0 aromatic rings. The zero-order valence-electron chi connectivity index (χ0n) is 14.6. The number of esters is 1. The summed E-state index contributed by atoms with van der Waals surface area (Å²) < 4.78 is 5.39. The number of carboxylic acid groups (broad SMARTS) is 1. The normalized spacial score (nSPS) is 12.3. The molecule has 4 nitrogen and oxygen atoms in total. The van der Waals surface area contributed by atoms with Crippen LogP contribution in [0.5, 0.6) is 0 Å². The fourth-order valence-electron chi connectivity index (χ4n) is 2.18. The van der Waals surface area contributed by atoms with Gasteiger partial charge in [-0.1, -0.05) is 51.9 Å². The van der Waals surface area contributed by atoms with Crippen molar-refractivity contribution in [2.45, 2.75) is 91.1 Å². The van der Waals surface area contributed by atoms with Crippen molar-refractivity contribution in [2.24, 2.45) is 0 Å². The highest BCUT2D eigenvalue weighted by atomic mass is 16.6. The van der Waals surface area contributed by atoms with E-state index in [4.69, 9.17) is 9.84 Å². The highest BCUT2D eigenvalue weighted by molar-refractivity contribution is 5.81. The molecule has 0 aromatic heterocycles. The van der Waals surface area contributed by atoms with Crippen LogP contribution in [0, 0.1) is 0 Å². The van der Waals surface area contributed by atoms with Crippen molar-refractivity contribution in [3.8, 4) is 0 Å². The van der Waals surface area contributed by atoms with Crippen LogP contribution in [0.3, 0.4) is 0 Å². The largest absolute Gasteiger partial charge is 0.478 e. The van der Waals surface area contributed by atoms with Gasteiger partial charge in [-0.25, -0.2) is 4.79 Å². The molecule has 0 unspecified atom stereocenters. The molecule has 1 N–H and O–H groups in total. The Morgan fingerprint density at radius 3 is 2.00 bits per heavy atom. The van der Waals surface area contributed by atoms with Crippen molar-refractivity contribution >= 4 is 11.9 Å². The lowest BCUT2D eigenvalue weighted by Crippen LogP contribution is -2.29. The van der Waals surface area contributed by atoms with Gasteiger partial charge in [0, 0.05) is 12.5 Å². The Kier molecular flexibility index (Phi) is 10.6. The van der Waals surface area contributed by atoms with Gasteiger partial charge in [0.05, 0.1) is 0 Å². The molecule has 0 fully saturated rings. The first-order valence-electron chi connectivity index (χ1n) is 8.43. The minimum atomic E-state index is -1.02. The van der Waals surface area contributed by atoms with Gasteiger partial charge in [0.25, 0.3) is 0 Å². The molecule has 22 heavy (non-hydrogen) atoms. The van der Waals surface area contributed by atoms with Crippen molar-refractivity contribution in [2.75, 3.05) is 0 Å².